The van der Waals surface area contributed by atoms with Crippen molar-refractivity contribution < 1.29 is 49.7 Å². The molecule has 0 radical (unpaired) electrons. The molecule has 0 fully saturated rings. The monoisotopic (exact) mass is 245 g/mol. The van der Waals surface area contributed by atoms with Crippen LogP contribution >= 0.6 is 0 Å². The van der Waals surface area contributed by atoms with Gasteiger partial charge in [-0.15, -0.1) is 0 Å². The number of hydrogen-bond acceptors (Lipinski definition) is 2. The third kappa shape index (κ3) is 14.2. The summed E-state index contributed by atoms with van der Waals surface area (Å²) in [5, 5.41) is 0. The Hall–Kier alpha value is -0.650. The van der Waals surface area contributed by atoms with E-state index in [0.717, 1.165) is 0 Å². The van der Waals surface area contributed by atoms with Gasteiger partial charge >= 0.3 is 15.6 Å². The maximum Gasteiger partial charge on any atom is 0.522 e. The molecule has 0 aromatic rings. The third-order valence-electron chi connectivity index (χ3n) is 0.292. The molecule has 0 aliphatic rings. The molecule has 13 heavy (non-hydrogen) atoms. The predicted octanol–water partition coefficient (Wildman–Crippen LogP) is -14.6. The van der Waals surface area contributed by atoms with Crippen LogP contribution in [0.3, 0.4) is 0 Å². The van der Waals surface area contributed by atoms with Gasteiger partial charge < -0.3 is 23.5 Å². The lowest BCUT2D eigenvalue weighted by atomic mass is 11.6. The third-order valence-corrected chi connectivity index (χ3v) is 0.877. The molecule has 0 atom stereocenters. The molecule has 0 heterocycles. The first kappa shape index (κ1) is 39.5. The summed E-state index contributed by atoms with van der Waals surface area (Å²) in [6.07, 6.45) is 0. The molecular weight excluding hydrogens is 244 g/mol. The highest BCUT2D eigenvalue weighted by molar-refractivity contribution is 7.86. The van der Waals surface area contributed by atoms with Crippen molar-refractivity contribution in [2.45, 2.75) is 5.51 Å². The molecule has 0 spiro atoms. The predicted molar refractivity (Wildman–Crippen MR) is 17.6 cm³/mol. The second-order valence-electron chi connectivity index (χ2n) is 0.921. The number of halogens is 8. The molecule has 90 valence electrons. The molecule has 0 aliphatic heterocycles. The Morgan fingerprint density at radius 2 is 0.923 bits per heavy atom. The fourth-order valence-electron chi connectivity index (χ4n) is 0. The van der Waals surface area contributed by atoms with Crippen LogP contribution in [-0.2, 0) is 10.1 Å². The minimum atomic E-state index is -5.84. The fourth-order valence-corrected chi connectivity index (χ4v) is 0. The summed E-state index contributed by atoms with van der Waals surface area (Å²) < 4.78 is 57.5. The zero-order valence-corrected chi connectivity index (χ0v) is 6.01. The molecule has 1 N–H and O–H groups in total. The zero-order chi connectivity index (χ0) is 7.00. The summed E-state index contributed by atoms with van der Waals surface area (Å²) in [4.78, 5) is 0. The molecular formula is CHF8O3S-5. The SMILES string of the molecule is O=S(=O)(O)C(F)(F)F.[F-].[F-].[F-].[F-].[F-]. The fraction of sp³-hybridized carbons (Fsp3) is 1.00. The first-order valence-electron chi connectivity index (χ1n) is 1.29. The first-order chi connectivity index (χ1) is 3.25. The van der Waals surface area contributed by atoms with Crippen LogP contribution in [-0.4, -0.2) is 18.5 Å². The maximum absolute atomic E-state index is 10.7. The Kier molecular flexibility index (Phi) is 28.6. The van der Waals surface area contributed by atoms with Gasteiger partial charge in [0.2, 0.25) is 0 Å². The maximum atomic E-state index is 10.7. The van der Waals surface area contributed by atoms with Crippen LogP contribution in [0.5, 0.6) is 0 Å². The van der Waals surface area contributed by atoms with E-state index in [9.17, 15) is 13.2 Å². The zero-order valence-electron chi connectivity index (χ0n) is 5.20. The molecule has 0 aliphatic carbocycles. The summed E-state index contributed by atoms with van der Waals surface area (Å²) >= 11 is 0. The van der Waals surface area contributed by atoms with Crippen molar-refractivity contribution in [3.05, 3.63) is 0 Å². The smallest absolute Gasteiger partial charge is 0.522 e. The minimum absolute atomic E-state index is 0. The lowest BCUT2D eigenvalue weighted by Crippen LogP contribution is -3.00. The van der Waals surface area contributed by atoms with Crippen LogP contribution in [0.2, 0.25) is 0 Å². The van der Waals surface area contributed by atoms with Gasteiger partial charge in [0, 0.05) is 0 Å². The van der Waals surface area contributed by atoms with E-state index in [2.05, 4.69) is 0 Å². The Morgan fingerprint density at radius 1 is 0.846 bits per heavy atom. The summed E-state index contributed by atoms with van der Waals surface area (Å²) in [5.74, 6) is 0. The van der Waals surface area contributed by atoms with E-state index in [0.29, 0.717) is 0 Å². The largest absolute Gasteiger partial charge is 1.00 e. The Morgan fingerprint density at radius 3 is 0.923 bits per heavy atom. The van der Waals surface area contributed by atoms with Gasteiger partial charge in [-0.3, -0.25) is 4.55 Å². The highest BCUT2D eigenvalue weighted by Crippen LogP contribution is 2.20. The van der Waals surface area contributed by atoms with Crippen molar-refractivity contribution in [3.63, 3.8) is 0 Å². The van der Waals surface area contributed by atoms with Crippen LogP contribution in [0.1, 0.15) is 0 Å². The molecule has 0 aromatic heterocycles. The van der Waals surface area contributed by atoms with Crippen LogP contribution in [0.25, 0.3) is 0 Å². The van der Waals surface area contributed by atoms with E-state index in [1.807, 2.05) is 0 Å². The average Bonchev–Trinajstić information content (AvgIpc) is 1.25. The topological polar surface area (TPSA) is 54.4 Å². The van der Waals surface area contributed by atoms with Gasteiger partial charge in [0.15, 0.2) is 0 Å². The number of alkyl halides is 3. The van der Waals surface area contributed by atoms with E-state index < -0.39 is 15.6 Å². The van der Waals surface area contributed by atoms with Crippen LogP contribution < -0.4 is 23.5 Å². The molecule has 0 aromatic carbocycles. The summed E-state index contributed by atoms with van der Waals surface area (Å²) in [5.41, 5.74) is -5.53. The van der Waals surface area contributed by atoms with Crippen molar-refractivity contribution in [2.24, 2.45) is 0 Å². The first-order valence-corrected chi connectivity index (χ1v) is 2.73. The quantitative estimate of drug-likeness (QED) is 0.262. The lowest BCUT2D eigenvalue weighted by Gasteiger charge is -1.97. The Labute approximate surface area is 66.5 Å². The van der Waals surface area contributed by atoms with Crippen LogP contribution in [0.4, 0.5) is 13.2 Å². The summed E-state index contributed by atoms with van der Waals surface area (Å²) in [6.45, 7) is 0. The van der Waals surface area contributed by atoms with Gasteiger partial charge in [0.05, 0.1) is 0 Å². The molecule has 0 unspecified atom stereocenters. The van der Waals surface area contributed by atoms with Crippen LogP contribution in [0, 0.1) is 0 Å². The second kappa shape index (κ2) is 9.44. The highest BCUT2D eigenvalue weighted by atomic mass is 32.2. The molecule has 0 bridgehead atoms. The molecule has 0 saturated carbocycles. The van der Waals surface area contributed by atoms with Gasteiger partial charge in [-0.2, -0.15) is 21.6 Å². The van der Waals surface area contributed by atoms with Gasteiger partial charge in [0.1, 0.15) is 0 Å². The van der Waals surface area contributed by atoms with E-state index in [1.165, 1.54) is 0 Å². The normalized spacial score (nSPS) is 8.62. The summed E-state index contributed by atoms with van der Waals surface area (Å²) in [6, 6.07) is 0. The Bertz CT molecular complexity index is 168. The molecule has 0 saturated heterocycles. The van der Waals surface area contributed by atoms with Crippen molar-refractivity contribution in [1.82, 2.24) is 0 Å². The van der Waals surface area contributed by atoms with Gasteiger partial charge in [0.25, 0.3) is 0 Å². The highest BCUT2D eigenvalue weighted by Gasteiger charge is 2.44. The van der Waals surface area contributed by atoms with Crippen LogP contribution in [0.15, 0.2) is 0 Å². The number of hydrogen-bond donors (Lipinski definition) is 1. The molecule has 0 rings (SSSR count). The molecule has 3 nitrogen and oxygen atoms in total. The van der Waals surface area contributed by atoms with E-state index in [-0.39, 0.29) is 23.5 Å². The minimum Gasteiger partial charge on any atom is -1.00 e. The van der Waals surface area contributed by atoms with E-state index >= 15 is 0 Å². The van der Waals surface area contributed by atoms with E-state index in [1.54, 1.807) is 0 Å². The van der Waals surface area contributed by atoms with Gasteiger partial charge in [-0.25, -0.2) is 0 Å². The lowest BCUT2D eigenvalue weighted by molar-refractivity contribution is -0.0510. The van der Waals surface area contributed by atoms with Crippen molar-refractivity contribution in [3.8, 4) is 0 Å². The second-order valence-corrected chi connectivity index (χ2v) is 2.33. The van der Waals surface area contributed by atoms with Crippen molar-refractivity contribution >= 4 is 10.1 Å². The average molecular weight is 245 g/mol. The van der Waals surface area contributed by atoms with Gasteiger partial charge in [-0.1, -0.05) is 0 Å². The van der Waals surface area contributed by atoms with Crippen molar-refractivity contribution in [1.29, 1.82) is 0 Å². The van der Waals surface area contributed by atoms with Crippen molar-refractivity contribution in [2.75, 3.05) is 0 Å². The standard InChI is InChI=1S/CHF3O3S.5FH/c2-1(3,4)8(5,6)7;;;;;/h(H,5,6,7);5*1H/p-5. The van der Waals surface area contributed by atoms with E-state index in [4.69, 9.17) is 13.0 Å². The Balaban J connectivity index is -0.0000000245. The molecule has 0 amide bonds. The molecule has 12 heteroatoms. The van der Waals surface area contributed by atoms with Gasteiger partial charge in [-0.05, 0) is 0 Å². The number of rotatable bonds is 0. The summed E-state index contributed by atoms with van der Waals surface area (Å²) in [7, 11) is -5.84.